The zero-order chi connectivity index (χ0) is 13.8. The maximum Gasteiger partial charge on any atom is 0.416 e. The predicted octanol–water partition coefficient (Wildman–Crippen LogP) is 3.52. The van der Waals surface area contributed by atoms with Crippen molar-refractivity contribution < 1.29 is 13.2 Å². The molecule has 0 aromatic heterocycles. The van der Waals surface area contributed by atoms with Gasteiger partial charge in [-0.25, -0.2) is 0 Å². The van der Waals surface area contributed by atoms with Crippen molar-refractivity contribution in [3.63, 3.8) is 0 Å². The van der Waals surface area contributed by atoms with Gasteiger partial charge in [0.05, 0.1) is 17.6 Å². The number of nitriles is 1. The van der Waals surface area contributed by atoms with Gasteiger partial charge in [0.25, 0.3) is 0 Å². The summed E-state index contributed by atoms with van der Waals surface area (Å²) in [6.07, 6.45) is -4.30. The summed E-state index contributed by atoms with van der Waals surface area (Å²) in [7, 11) is 0. The molecular formula is C13H15F3N2. The van der Waals surface area contributed by atoms with Gasteiger partial charge >= 0.3 is 6.18 Å². The van der Waals surface area contributed by atoms with E-state index in [2.05, 4.69) is 11.4 Å². The van der Waals surface area contributed by atoms with Crippen molar-refractivity contribution in [2.75, 3.05) is 6.54 Å². The monoisotopic (exact) mass is 256 g/mol. The summed E-state index contributed by atoms with van der Waals surface area (Å²) in [6, 6.07) is 7.06. The maximum absolute atomic E-state index is 12.4. The van der Waals surface area contributed by atoms with E-state index in [0.29, 0.717) is 6.54 Å². The van der Waals surface area contributed by atoms with Crippen LogP contribution in [-0.2, 0) is 6.18 Å². The summed E-state index contributed by atoms with van der Waals surface area (Å²) >= 11 is 0. The number of hydrogen-bond donors (Lipinski definition) is 1. The first-order chi connectivity index (χ1) is 8.34. The Morgan fingerprint density at radius 2 is 1.78 bits per heavy atom. The van der Waals surface area contributed by atoms with Crippen molar-refractivity contribution in [2.45, 2.75) is 26.1 Å². The van der Waals surface area contributed by atoms with E-state index in [-0.39, 0.29) is 12.0 Å². The van der Waals surface area contributed by atoms with Crippen LogP contribution in [0.5, 0.6) is 0 Å². The first kappa shape index (κ1) is 14.5. The number of halogens is 3. The average Bonchev–Trinajstić information content (AvgIpc) is 2.34. The van der Waals surface area contributed by atoms with E-state index in [9.17, 15) is 13.2 Å². The van der Waals surface area contributed by atoms with Gasteiger partial charge in [-0.05, 0) is 31.5 Å². The topological polar surface area (TPSA) is 35.8 Å². The molecule has 1 aromatic carbocycles. The van der Waals surface area contributed by atoms with E-state index >= 15 is 0 Å². The van der Waals surface area contributed by atoms with Gasteiger partial charge in [0.1, 0.15) is 0 Å². The fourth-order valence-electron chi connectivity index (χ4n) is 1.48. The Balaban J connectivity index is 2.65. The molecule has 0 saturated carbocycles. The third-order valence-electron chi connectivity index (χ3n) is 2.69. The van der Waals surface area contributed by atoms with Crippen molar-refractivity contribution in [1.82, 2.24) is 5.32 Å². The van der Waals surface area contributed by atoms with Crippen LogP contribution in [0.4, 0.5) is 13.2 Å². The molecule has 0 heterocycles. The fourth-order valence-corrected chi connectivity index (χ4v) is 1.48. The Hall–Kier alpha value is -1.54. The molecule has 0 aliphatic carbocycles. The smallest absolute Gasteiger partial charge is 0.309 e. The SMILES string of the molecule is CC(C#N)CNC(C)c1ccc(C(F)(F)F)cc1. The quantitative estimate of drug-likeness (QED) is 0.894. The Labute approximate surface area is 104 Å². The van der Waals surface area contributed by atoms with Gasteiger partial charge in [0.2, 0.25) is 0 Å². The standard InChI is InChI=1S/C13H15F3N2/c1-9(7-17)8-18-10(2)11-3-5-12(6-4-11)13(14,15)16/h3-6,9-10,18H,8H2,1-2H3. The van der Waals surface area contributed by atoms with Crippen LogP contribution in [0, 0.1) is 17.2 Å². The number of hydrogen-bond acceptors (Lipinski definition) is 2. The van der Waals surface area contributed by atoms with Gasteiger partial charge in [-0.3, -0.25) is 0 Å². The Bertz CT molecular complexity index is 417. The van der Waals surface area contributed by atoms with Gasteiger partial charge in [0, 0.05) is 12.6 Å². The number of nitrogens with zero attached hydrogens (tertiary/aromatic N) is 1. The van der Waals surface area contributed by atoms with Crippen LogP contribution in [0.2, 0.25) is 0 Å². The van der Waals surface area contributed by atoms with Crippen molar-refractivity contribution in [3.8, 4) is 6.07 Å². The third-order valence-corrected chi connectivity index (χ3v) is 2.69. The van der Waals surface area contributed by atoms with E-state index in [0.717, 1.165) is 17.7 Å². The molecule has 2 nitrogen and oxygen atoms in total. The van der Waals surface area contributed by atoms with E-state index in [1.54, 1.807) is 6.92 Å². The maximum atomic E-state index is 12.4. The van der Waals surface area contributed by atoms with Gasteiger partial charge < -0.3 is 5.32 Å². The Morgan fingerprint density at radius 1 is 1.22 bits per heavy atom. The highest BCUT2D eigenvalue weighted by Crippen LogP contribution is 2.29. The van der Waals surface area contributed by atoms with Gasteiger partial charge in [-0.2, -0.15) is 18.4 Å². The van der Waals surface area contributed by atoms with Crippen LogP contribution in [-0.4, -0.2) is 6.54 Å². The zero-order valence-electron chi connectivity index (χ0n) is 10.3. The molecule has 2 unspecified atom stereocenters. The molecule has 0 saturated heterocycles. The molecule has 5 heteroatoms. The normalized spacial score (nSPS) is 14.9. The van der Waals surface area contributed by atoms with E-state index in [1.807, 2.05) is 6.92 Å². The minimum Gasteiger partial charge on any atom is -0.309 e. The van der Waals surface area contributed by atoms with Crippen molar-refractivity contribution >= 4 is 0 Å². The van der Waals surface area contributed by atoms with E-state index < -0.39 is 11.7 Å². The molecule has 18 heavy (non-hydrogen) atoms. The van der Waals surface area contributed by atoms with Crippen LogP contribution >= 0.6 is 0 Å². The lowest BCUT2D eigenvalue weighted by atomic mass is 10.1. The van der Waals surface area contributed by atoms with E-state index in [1.165, 1.54) is 12.1 Å². The molecule has 0 bridgehead atoms. The molecule has 98 valence electrons. The highest BCUT2D eigenvalue weighted by molar-refractivity contribution is 5.26. The second kappa shape index (κ2) is 5.87. The molecule has 1 N–H and O–H groups in total. The lowest BCUT2D eigenvalue weighted by Crippen LogP contribution is -2.23. The lowest BCUT2D eigenvalue weighted by Gasteiger charge is -2.16. The van der Waals surface area contributed by atoms with Crippen LogP contribution in [0.15, 0.2) is 24.3 Å². The molecule has 0 amide bonds. The molecule has 0 fully saturated rings. The summed E-state index contributed by atoms with van der Waals surface area (Å²) < 4.78 is 37.1. The first-order valence-electron chi connectivity index (χ1n) is 5.64. The molecule has 2 atom stereocenters. The van der Waals surface area contributed by atoms with E-state index in [4.69, 9.17) is 5.26 Å². The van der Waals surface area contributed by atoms with Crippen molar-refractivity contribution in [3.05, 3.63) is 35.4 Å². The summed E-state index contributed by atoms with van der Waals surface area (Å²) in [5.41, 5.74) is 0.122. The Morgan fingerprint density at radius 3 is 2.22 bits per heavy atom. The second-order valence-corrected chi connectivity index (χ2v) is 4.28. The van der Waals surface area contributed by atoms with Gasteiger partial charge in [0.15, 0.2) is 0 Å². The summed E-state index contributed by atoms with van der Waals surface area (Å²) in [6.45, 7) is 4.15. The molecule has 0 aliphatic heterocycles. The summed E-state index contributed by atoms with van der Waals surface area (Å²) in [4.78, 5) is 0. The summed E-state index contributed by atoms with van der Waals surface area (Å²) in [5.74, 6) is -0.123. The van der Waals surface area contributed by atoms with Crippen LogP contribution in [0.25, 0.3) is 0 Å². The van der Waals surface area contributed by atoms with Gasteiger partial charge in [-0.1, -0.05) is 12.1 Å². The second-order valence-electron chi connectivity index (χ2n) is 4.28. The molecule has 0 aliphatic rings. The van der Waals surface area contributed by atoms with Crippen LogP contribution in [0.3, 0.4) is 0 Å². The Kier molecular flexibility index (Phi) is 4.74. The minimum atomic E-state index is -4.30. The van der Waals surface area contributed by atoms with Crippen LogP contribution < -0.4 is 5.32 Å². The number of rotatable bonds is 4. The first-order valence-corrected chi connectivity index (χ1v) is 5.64. The lowest BCUT2D eigenvalue weighted by molar-refractivity contribution is -0.137. The highest BCUT2D eigenvalue weighted by Gasteiger charge is 2.30. The zero-order valence-corrected chi connectivity index (χ0v) is 10.3. The molecule has 0 spiro atoms. The predicted molar refractivity (Wildman–Crippen MR) is 62.6 cm³/mol. The molecule has 1 aromatic rings. The fraction of sp³-hybridized carbons (Fsp3) is 0.462. The number of nitrogens with one attached hydrogen (secondary N) is 1. The number of benzene rings is 1. The largest absolute Gasteiger partial charge is 0.416 e. The van der Waals surface area contributed by atoms with Gasteiger partial charge in [-0.15, -0.1) is 0 Å². The molecular weight excluding hydrogens is 241 g/mol. The van der Waals surface area contributed by atoms with Crippen molar-refractivity contribution in [1.29, 1.82) is 5.26 Å². The summed E-state index contributed by atoms with van der Waals surface area (Å²) in [5, 5.41) is 11.7. The minimum absolute atomic E-state index is 0.0805. The highest BCUT2D eigenvalue weighted by atomic mass is 19.4. The molecule has 0 radical (unpaired) electrons. The van der Waals surface area contributed by atoms with Crippen LogP contribution in [0.1, 0.15) is 31.0 Å². The number of alkyl halides is 3. The average molecular weight is 256 g/mol. The molecule has 1 rings (SSSR count). The third kappa shape index (κ3) is 4.04. The van der Waals surface area contributed by atoms with Crippen molar-refractivity contribution in [2.24, 2.45) is 5.92 Å².